The van der Waals surface area contributed by atoms with Gasteiger partial charge in [-0.1, -0.05) is 30.3 Å². The van der Waals surface area contributed by atoms with Crippen LogP contribution in [0.15, 0.2) is 54.6 Å². The largest absolute Gasteiger partial charge is 0.486 e. The van der Waals surface area contributed by atoms with E-state index in [1.165, 1.54) is 0 Å². The predicted molar refractivity (Wildman–Crippen MR) is 107 cm³/mol. The van der Waals surface area contributed by atoms with Crippen LogP contribution in [-0.4, -0.2) is 38.9 Å². The molecule has 152 valence electrons. The average Bonchev–Trinajstić information content (AvgIpc) is 3.15. The van der Waals surface area contributed by atoms with Crippen molar-refractivity contribution < 1.29 is 19.1 Å². The molecule has 30 heavy (non-hydrogen) atoms. The molecule has 1 aliphatic rings. The van der Waals surface area contributed by atoms with Gasteiger partial charge in [0.2, 0.25) is 17.8 Å². The minimum absolute atomic E-state index is 0.0512. The third-order valence-electron chi connectivity index (χ3n) is 4.34. The molecule has 3 aromatic rings. The minimum atomic E-state index is -1.02. The van der Waals surface area contributed by atoms with Crippen LogP contribution >= 0.6 is 0 Å². The number of hydrogen-bond donors (Lipinski definition) is 4. The standard InChI is InChI=1S/C20H18N6O4/c27-17(10-15-19(29)21-14-9-5-4-8-13(14)18(28)22-15)24-20-23-16(25-26-20)11-30-12-6-2-1-3-7-12/h1-9,15H,10-11H2,(H,21,29)(H,22,28)(H2,23,24,25,26,27)/t15-/m1/s1. The molecule has 0 saturated heterocycles. The number of aromatic amines is 1. The molecule has 0 bridgehead atoms. The Kier molecular flexibility index (Phi) is 5.37. The number of amides is 3. The number of ether oxygens (including phenoxy) is 1. The third kappa shape index (κ3) is 4.43. The van der Waals surface area contributed by atoms with Crippen molar-refractivity contribution in [2.24, 2.45) is 0 Å². The highest BCUT2D eigenvalue weighted by molar-refractivity contribution is 6.11. The molecule has 0 aliphatic carbocycles. The maximum absolute atomic E-state index is 12.4. The van der Waals surface area contributed by atoms with Crippen LogP contribution in [0.2, 0.25) is 0 Å². The first-order valence-electron chi connectivity index (χ1n) is 9.18. The summed E-state index contributed by atoms with van der Waals surface area (Å²) in [5, 5.41) is 14.3. The number of carbonyl (C=O) groups is 3. The van der Waals surface area contributed by atoms with E-state index in [4.69, 9.17) is 4.74 Å². The lowest BCUT2D eigenvalue weighted by Crippen LogP contribution is -2.43. The maximum atomic E-state index is 12.4. The zero-order valence-electron chi connectivity index (χ0n) is 15.7. The van der Waals surface area contributed by atoms with Gasteiger partial charge in [0.05, 0.1) is 17.7 Å². The lowest BCUT2D eigenvalue weighted by atomic mass is 10.1. The summed E-state index contributed by atoms with van der Waals surface area (Å²) in [6, 6.07) is 14.8. The van der Waals surface area contributed by atoms with Gasteiger partial charge in [0.1, 0.15) is 18.4 Å². The number of nitrogens with zero attached hydrogens (tertiary/aromatic N) is 2. The van der Waals surface area contributed by atoms with Crippen molar-refractivity contribution in [1.82, 2.24) is 20.5 Å². The molecule has 2 heterocycles. The van der Waals surface area contributed by atoms with Crippen molar-refractivity contribution in [3.8, 4) is 5.75 Å². The van der Waals surface area contributed by atoms with Crippen molar-refractivity contribution >= 4 is 29.4 Å². The van der Waals surface area contributed by atoms with Crippen molar-refractivity contribution in [2.45, 2.75) is 19.1 Å². The van der Waals surface area contributed by atoms with E-state index in [2.05, 4.69) is 31.1 Å². The fourth-order valence-corrected chi connectivity index (χ4v) is 2.90. The van der Waals surface area contributed by atoms with E-state index >= 15 is 0 Å². The quantitative estimate of drug-likeness (QED) is 0.489. The van der Waals surface area contributed by atoms with Gasteiger partial charge in [0.15, 0.2) is 5.82 Å². The molecule has 10 heteroatoms. The summed E-state index contributed by atoms with van der Waals surface area (Å²) in [6.45, 7) is 0.145. The number of nitrogens with one attached hydrogen (secondary N) is 4. The van der Waals surface area contributed by atoms with Crippen LogP contribution in [0.25, 0.3) is 0 Å². The third-order valence-corrected chi connectivity index (χ3v) is 4.34. The summed E-state index contributed by atoms with van der Waals surface area (Å²) >= 11 is 0. The predicted octanol–water partition coefficient (Wildman–Crippen LogP) is 1.46. The van der Waals surface area contributed by atoms with E-state index in [0.29, 0.717) is 22.8 Å². The lowest BCUT2D eigenvalue weighted by Gasteiger charge is -2.13. The second-order valence-electron chi connectivity index (χ2n) is 6.52. The van der Waals surface area contributed by atoms with Gasteiger partial charge < -0.3 is 15.4 Å². The molecule has 0 saturated carbocycles. The van der Waals surface area contributed by atoms with Gasteiger partial charge >= 0.3 is 0 Å². The average molecular weight is 406 g/mol. The second kappa shape index (κ2) is 8.43. The Hall–Kier alpha value is -4.21. The van der Waals surface area contributed by atoms with Gasteiger partial charge in [-0.15, -0.1) is 5.10 Å². The molecule has 0 unspecified atom stereocenters. The number of H-pyrrole nitrogens is 1. The number of para-hydroxylation sites is 2. The number of rotatable bonds is 6. The van der Waals surface area contributed by atoms with Gasteiger partial charge in [0.25, 0.3) is 5.91 Å². The van der Waals surface area contributed by atoms with E-state index in [1.807, 2.05) is 30.3 Å². The normalized spacial score (nSPS) is 15.4. The van der Waals surface area contributed by atoms with E-state index in [-0.39, 0.29) is 19.0 Å². The topological polar surface area (TPSA) is 138 Å². The molecule has 10 nitrogen and oxygen atoms in total. The lowest BCUT2D eigenvalue weighted by molar-refractivity contribution is -0.122. The molecule has 0 spiro atoms. The number of fused-ring (bicyclic) bond motifs is 1. The SMILES string of the molecule is O=C(C[C@H]1NC(=O)c2ccccc2NC1=O)Nc1n[nH]c(COc2ccccc2)n1. The number of hydrogen-bond acceptors (Lipinski definition) is 6. The van der Waals surface area contributed by atoms with E-state index in [1.54, 1.807) is 24.3 Å². The van der Waals surface area contributed by atoms with Crippen LogP contribution in [0, 0.1) is 0 Å². The molecule has 1 aromatic heterocycles. The van der Waals surface area contributed by atoms with Crippen LogP contribution in [0.1, 0.15) is 22.6 Å². The highest BCUT2D eigenvalue weighted by Gasteiger charge is 2.29. The summed E-state index contributed by atoms with van der Waals surface area (Å²) in [7, 11) is 0. The Morgan fingerprint density at radius 3 is 2.67 bits per heavy atom. The summed E-state index contributed by atoms with van der Waals surface area (Å²) in [4.78, 5) is 41.2. The van der Waals surface area contributed by atoms with E-state index in [9.17, 15) is 14.4 Å². The molecule has 2 aromatic carbocycles. The van der Waals surface area contributed by atoms with E-state index in [0.717, 1.165) is 0 Å². The monoisotopic (exact) mass is 406 g/mol. The highest BCUT2D eigenvalue weighted by atomic mass is 16.5. The highest BCUT2D eigenvalue weighted by Crippen LogP contribution is 2.19. The first-order chi connectivity index (χ1) is 14.6. The van der Waals surface area contributed by atoms with Gasteiger partial charge in [-0.2, -0.15) is 4.98 Å². The van der Waals surface area contributed by atoms with Gasteiger partial charge in [-0.25, -0.2) is 0 Å². The summed E-state index contributed by atoms with van der Waals surface area (Å²) < 4.78 is 5.56. The van der Waals surface area contributed by atoms with Gasteiger partial charge in [-0.05, 0) is 24.3 Å². The first kappa shape index (κ1) is 19.1. The maximum Gasteiger partial charge on any atom is 0.254 e. The van der Waals surface area contributed by atoms with Crippen LogP contribution < -0.4 is 20.7 Å². The summed E-state index contributed by atoms with van der Waals surface area (Å²) in [6.07, 6.45) is -0.268. The van der Waals surface area contributed by atoms with Crippen molar-refractivity contribution in [3.63, 3.8) is 0 Å². The second-order valence-corrected chi connectivity index (χ2v) is 6.52. The number of anilines is 2. The fourth-order valence-electron chi connectivity index (χ4n) is 2.90. The molecule has 3 amide bonds. The molecule has 4 N–H and O–H groups in total. The Morgan fingerprint density at radius 2 is 1.83 bits per heavy atom. The molecular weight excluding hydrogens is 388 g/mol. The zero-order valence-corrected chi connectivity index (χ0v) is 15.7. The Morgan fingerprint density at radius 1 is 1.07 bits per heavy atom. The molecular formula is C20H18N6O4. The van der Waals surface area contributed by atoms with Crippen LogP contribution in [0.5, 0.6) is 5.75 Å². The number of aromatic nitrogens is 3. The summed E-state index contributed by atoms with van der Waals surface area (Å²) in [5.74, 6) is -0.276. The first-order valence-corrected chi connectivity index (χ1v) is 9.18. The van der Waals surface area contributed by atoms with Crippen LogP contribution in [0.4, 0.5) is 11.6 Å². The van der Waals surface area contributed by atoms with Gasteiger partial charge in [0, 0.05) is 0 Å². The minimum Gasteiger partial charge on any atom is -0.486 e. The Labute approximate surface area is 171 Å². The molecule has 4 rings (SSSR count). The van der Waals surface area contributed by atoms with Crippen molar-refractivity contribution in [3.05, 3.63) is 66.0 Å². The number of carbonyl (C=O) groups excluding carboxylic acids is 3. The van der Waals surface area contributed by atoms with Crippen LogP contribution in [0.3, 0.4) is 0 Å². The van der Waals surface area contributed by atoms with Crippen molar-refractivity contribution in [2.75, 3.05) is 10.6 Å². The fraction of sp³-hybridized carbons (Fsp3) is 0.150. The molecule has 0 radical (unpaired) electrons. The van der Waals surface area contributed by atoms with Crippen molar-refractivity contribution in [1.29, 1.82) is 0 Å². The van der Waals surface area contributed by atoms with Crippen LogP contribution in [-0.2, 0) is 16.2 Å². The molecule has 1 atom stereocenters. The smallest absolute Gasteiger partial charge is 0.254 e. The summed E-state index contributed by atoms with van der Waals surface area (Å²) in [5.41, 5.74) is 0.741. The molecule has 1 aliphatic heterocycles. The Balaban J connectivity index is 1.33. The van der Waals surface area contributed by atoms with E-state index < -0.39 is 23.8 Å². The molecule has 0 fully saturated rings. The Bertz CT molecular complexity index is 1080. The van der Waals surface area contributed by atoms with Gasteiger partial charge in [-0.3, -0.25) is 24.8 Å². The number of benzene rings is 2. The zero-order chi connectivity index (χ0) is 20.9.